The van der Waals surface area contributed by atoms with Crippen LogP contribution in [0.1, 0.15) is 36.9 Å². The van der Waals surface area contributed by atoms with Crippen LogP contribution in [-0.4, -0.2) is 26.6 Å². The highest BCUT2D eigenvalue weighted by molar-refractivity contribution is 5.75. The summed E-state index contributed by atoms with van der Waals surface area (Å²) in [5.74, 6) is 0.945. The van der Waals surface area contributed by atoms with Crippen LogP contribution >= 0.6 is 0 Å². The van der Waals surface area contributed by atoms with E-state index in [0.29, 0.717) is 13.0 Å². The fourth-order valence-corrected chi connectivity index (χ4v) is 1.83. The van der Waals surface area contributed by atoms with Crippen LogP contribution in [0.15, 0.2) is 18.2 Å². The Balaban J connectivity index is 2.60. The summed E-state index contributed by atoms with van der Waals surface area (Å²) in [7, 11) is 3.58. The van der Waals surface area contributed by atoms with Crippen molar-refractivity contribution in [3.8, 4) is 5.75 Å². The second-order valence-corrected chi connectivity index (χ2v) is 4.68. The highest BCUT2D eigenvalue weighted by Crippen LogP contribution is 2.26. The van der Waals surface area contributed by atoms with Crippen LogP contribution in [0.5, 0.6) is 5.75 Å². The van der Waals surface area contributed by atoms with Gasteiger partial charge in [0.25, 0.3) is 0 Å². The quantitative estimate of drug-likeness (QED) is 0.742. The first-order chi connectivity index (χ1) is 9.08. The second kappa shape index (κ2) is 7.79. The number of rotatable bonds is 7. The predicted molar refractivity (Wildman–Crippen MR) is 77.4 cm³/mol. The topological polar surface area (TPSA) is 50.4 Å². The van der Waals surface area contributed by atoms with Crippen LogP contribution in [0.25, 0.3) is 0 Å². The minimum atomic E-state index is 0.0522. The number of carbonyl (C=O) groups excluding carboxylic acids is 1. The van der Waals surface area contributed by atoms with Gasteiger partial charge in [-0.25, -0.2) is 0 Å². The van der Waals surface area contributed by atoms with E-state index in [2.05, 4.69) is 30.5 Å². The van der Waals surface area contributed by atoms with Crippen LogP contribution in [-0.2, 0) is 4.79 Å². The Morgan fingerprint density at radius 3 is 2.74 bits per heavy atom. The van der Waals surface area contributed by atoms with E-state index in [1.165, 1.54) is 5.56 Å². The van der Waals surface area contributed by atoms with Gasteiger partial charge in [0.15, 0.2) is 0 Å². The van der Waals surface area contributed by atoms with Gasteiger partial charge in [-0.3, -0.25) is 4.79 Å². The number of hydrogen-bond acceptors (Lipinski definition) is 3. The zero-order chi connectivity index (χ0) is 14.3. The molecule has 4 heteroatoms. The molecule has 0 saturated heterocycles. The van der Waals surface area contributed by atoms with Gasteiger partial charge in [-0.1, -0.05) is 17.7 Å². The van der Waals surface area contributed by atoms with Crippen LogP contribution in [0.3, 0.4) is 0 Å². The van der Waals surface area contributed by atoms with Gasteiger partial charge in [-0.05, 0) is 33.4 Å². The number of carbonyl (C=O) groups is 1. The van der Waals surface area contributed by atoms with E-state index >= 15 is 0 Å². The van der Waals surface area contributed by atoms with Gasteiger partial charge in [-0.15, -0.1) is 0 Å². The fourth-order valence-electron chi connectivity index (χ4n) is 1.83. The Bertz CT molecular complexity index is 419. The lowest BCUT2D eigenvalue weighted by atomic mass is 10.0. The maximum Gasteiger partial charge on any atom is 0.219 e. The predicted octanol–water partition coefficient (Wildman–Crippen LogP) is 2.18. The number of nitrogens with one attached hydrogen (secondary N) is 2. The van der Waals surface area contributed by atoms with E-state index in [0.717, 1.165) is 17.7 Å². The van der Waals surface area contributed by atoms with Gasteiger partial charge in [0.2, 0.25) is 5.91 Å². The summed E-state index contributed by atoms with van der Waals surface area (Å²) in [5.41, 5.74) is 2.37. The van der Waals surface area contributed by atoms with E-state index in [4.69, 9.17) is 4.74 Å². The van der Waals surface area contributed by atoms with Crippen molar-refractivity contribution in [2.45, 2.75) is 32.7 Å². The van der Waals surface area contributed by atoms with E-state index < -0.39 is 0 Å². The lowest BCUT2D eigenvalue weighted by molar-refractivity contribution is -0.120. The standard InChI is InChI=1S/C15H24N2O2/c1-11-7-8-14(13(10-11)12(2)16-3)19-9-5-6-15(18)17-4/h7-8,10,12,16H,5-6,9H2,1-4H3,(H,17,18). The smallest absolute Gasteiger partial charge is 0.219 e. The molecule has 1 aromatic rings. The average Bonchev–Trinajstić information content (AvgIpc) is 2.43. The van der Waals surface area contributed by atoms with Crippen molar-refractivity contribution in [3.63, 3.8) is 0 Å². The number of benzene rings is 1. The maximum atomic E-state index is 11.1. The zero-order valence-electron chi connectivity index (χ0n) is 12.2. The minimum absolute atomic E-state index is 0.0522. The molecule has 106 valence electrons. The Morgan fingerprint density at radius 2 is 2.11 bits per heavy atom. The molecule has 2 N–H and O–H groups in total. The molecule has 0 bridgehead atoms. The van der Waals surface area contributed by atoms with Crippen molar-refractivity contribution in [1.29, 1.82) is 0 Å². The monoisotopic (exact) mass is 264 g/mol. The van der Waals surface area contributed by atoms with Crippen molar-refractivity contribution >= 4 is 5.91 Å². The Labute approximate surface area is 115 Å². The number of aryl methyl sites for hydroxylation is 1. The molecular formula is C15H24N2O2. The van der Waals surface area contributed by atoms with Crippen molar-refractivity contribution in [3.05, 3.63) is 29.3 Å². The summed E-state index contributed by atoms with van der Waals surface area (Å²) in [6.07, 6.45) is 1.22. The molecule has 19 heavy (non-hydrogen) atoms. The molecule has 0 heterocycles. The molecule has 0 aliphatic rings. The normalized spacial score (nSPS) is 12.0. The van der Waals surface area contributed by atoms with E-state index in [9.17, 15) is 4.79 Å². The minimum Gasteiger partial charge on any atom is -0.493 e. The van der Waals surface area contributed by atoms with Gasteiger partial charge in [0.05, 0.1) is 6.61 Å². The average molecular weight is 264 g/mol. The molecule has 0 fully saturated rings. The summed E-state index contributed by atoms with van der Waals surface area (Å²) < 4.78 is 5.79. The third kappa shape index (κ3) is 4.91. The molecule has 1 rings (SSSR count). The van der Waals surface area contributed by atoms with Gasteiger partial charge < -0.3 is 15.4 Å². The first kappa shape index (κ1) is 15.5. The molecular weight excluding hydrogens is 240 g/mol. The van der Waals surface area contributed by atoms with Crippen molar-refractivity contribution < 1.29 is 9.53 Å². The third-order valence-corrected chi connectivity index (χ3v) is 3.15. The van der Waals surface area contributed by atoms with Crippen molar-refractivity contribution in [2.75, 3.05) is 20.7 Å². The summed E-state index contributed by atoms with van der Waals surface area (Å²) in [6, 6.07) is 6.42. The SMILES string of the molecule is CNC(=O)CCCOc1ccc(C)cc1C(C)NC. The number of amides is 1. The van der Waals surface area contributed by atoms with Crippen LogP contribution < -0.4 is 15.4 Å². The number of hydrogen-bond donors (Lipinski definition) is 2. The van der Waals surface area contributed by atoms with Crippen molar-refractivity contribution in [2.24, 2.45) is 0 Å². The molecule has 0 spiro atoms. The first-order valence-corrected chi connectivity index (χ1v) is 6.69. The highest BCUT2D eigenvalue weighted by atomic mass is 16.5. The van der Waals surface area contributed by atoms with Gasteiger partial charge in [0.1, 0.15) is 5.75 Å². The zero-order valence-corrected chi connectivity index (χ0v) is 12.2. The summed E-state index contributed by atoms with van der Waals surface area (Å²) in [6.45, 7) is 4.73. The molecule has 0 radical (unpaired) electrons. The van der Waals surface area contributed by atoms with E-state index in [1.807, 2.05) is 19.2 Å². The molecule has 1 aromatic carbocycles. The van der Waals surface area contributed by atoms with Crippen LogP contribution in [0, 0.1) is 6.92 Å². The molecule has 0 aromatic heterocycles. The summed E-state index contributed by atoms with van der Waals surface area (Å²) in [5, 5.41) is 5.83. The first-order valence-electron chi connectivity index (χ1n) is 6.69. The Hall–Kier alpha value is -1.55. The molecule has 1 atom stereocenters. The summed E-state index contributed by atoms with van der Waals surface area (Å²) >= 11 is 0. The van der Waals surface area contributed by atoms with Gasteiger partial charge in [-0.2, -0.15) is 0 Å². The Kier molecular flexibility index (Phi) is 6.36. The number of ether oxygens (including phenoxy) is 1. The largest absolute Gasteiger partial charge is 0.493 e. The maximum absolute atomic E-state index is 11.1. The molecule has 0 saturated carbocycles. The molecule has 0 aliphatic carbocycles. The highest BCUT2D eigenvalue weighted by Gasteiger charge is 2.10. The molecule has 1 unspecified atom stereocenters. The molecule has 1 amide bonds. The third-order valence-electron chi connectivity index (χ3n) is 3.15. The molecule has 4 nitrogen and oxygen atoms in total. The van der Waals surface area contributed by atoms with Crippen LogP contribution in [0.4, 0.5) is 0 Å². The lowest BCUT2D eigenvalue weighted by Crippen LogP contribution is -2.18. The van der Waals surface area contributed by atoms with Gasteiger partial charge >= 0.3 is 0 Å². The lowest BCUT2D eigenvalue weighted by Gasteiger charge is -2.17. The second-order valence-electron chi connectivity index (χ2n) is 4.68. The van der Waals surface area contributed by atoms with E-state index in [-0.39, 0.29) is 11.9 Å². The fraction of sp³-hybridized carbons (Fsp3) is 0.533. The van der Waals surface area contributed by atoms with Gasteiger partial charge in [0, 0.05) is 25.1 Å². The summed E-state index contributed by atoms with van der Waals surface area (Å²) in [4.78, 5) is 11.1. The van der Waals surface area contributed by atoms with Crippen molar-refractivity contribution in [1.82, 2.24) is 10.6 Å². The van der Waals surface area contributed by atoms with Crippen LogP contribution in [0.2, 0.25) is 0 Å². The van der Waals surface area contributed by atoms with E-state index in [1.54, 1.807) is 7.05 Å². The molecule has 0 aliphatic heterocycles. The Morgan fingerprint density at radius 1 is 1.37 bits per heavy atom.